The first kappa shape index (κ1) is 8.83. The maximum atomic E-state index is 3.73. The average Bonchev–Trinajstić information content (AvgIpc) is 1.75. The zero-order chi connectivity index (χ0) is 8.11. The van der Waals surface area contributed by atoms with E-state index in [2.05, 4.69) is 39.0 Å². The van der Waals surface area contributed by atoms with Gasteiger partial charge in [0.05, 0.1) is 0 Å². The zero-order valence-electron chi connectivity index (χ0n) is 7.48. The van der Waals surface area contributed by atoms with Crippen LogP contribution in [-0.4, -0.2) is 36.6 Å². The monoisotopic (exact) mass is 181 g/mol. The van der Waals surface area contributed by atoms with Crippen LogP contribution in [0.3, 0.4) is 0 Å². The van der Waals surface area contributed by atoms with Gasteiger partial charge in [0.25, 0.3) is 0 Å². The molecule has 1 fully saturated rings. The molecule has 1 aliphatic rings. The highest BCUT2D eigenvalue weighted by atomic mass is 32.4. The zero-order valence-corrected chi connectivity index (χ0v) is 9.45. The van der Waals surface area contributed by atoms with Crippen molar-refractivity contribution in [3.63, 3.8) is 0 Å². The molecule has 64 valence electrons. The standard InChI is InChI=1S/C7H20NPS/c1-10(2,3,4)6-5-7(9)8-10/h7-8H,5-6,9H2,1-4H3. The molecule has 1 saturated heterocycles. The van der Waals surface area contributed by atoms with Crippen molar-refractivity contribution in [2.24, 2.45) is 0 Å². The Labute approximate surface area is 65.9 Å². The van der Waals surface area contributed by atoms with E-state index < -0.39 is 8.48 Å². The summed E-state index contributed by atoms with van der Waals surface area (Å²) in [6.45, 7) is 0. The van der Waals surface area contributed by atoms with Crippen LogP contribution >= 0.6 is 17.7 Å². The third-order valence-electron chi connectivity index (χ3n) is 2.05. The molecule has 0 saturated carbocycles. The molecule has 0 aromatic heterocycles. The molecule has 0 spiro atoms. The molecule has 1 N–H and O–H groups in total. The molecule has 0 amide bonds. The van der Waals surface area contributed by atoms with Gasteiger partial charge >= 0.3 is 0 Å². The summed E-state index contributed by atoms with van der Waals surface area (Å²) in [4.78, 5) is 0. The lowest BCUT2D eigenvalue weighted by atomic mass is 10.5. The maximum Gasteiger partial charge on any atom is 0.0290 e. The summed E-state index contributed by atoms with van der Waals surface area (Å²) in [6, 6.07) is 0. The van der Waals surface area contributed by atoms with E-state index in [1.54, 1.807) is 0 Å². The number of nitrogens with one attached hydrogen (secondary N) is 1. The van der Waals surface area contributed by atoms with E-state index in [1.807, 2.05) is 0 Å². The Bertz CT molecular complexity index is 167. The van der Waals surface area contributed by atoms with Crippen LogP contribution in [0.25, 0.3) is 0 Å². The number of hydrogen-bond donors (Lipinski definition) is 1. The molecular weight excluding hydrogens is 161 g/mol. The minimum atomic E-state index is -1.76. The van der Waals surface area contributed by atoms with Crippen LogP contribution in [0.15, 0.2) is 0 Å². The fourth-order valence-electron chi connectivity index (χ4n) is 1.49. The average molecular weight is 181 g/mol. The van der Waals surface area contributed by atoms with Gasteiger partial charge < -0.3 is 0 Å². The highest BCUT2D eigenvalue weighted by molar-refractivity contribution is 8.61. The summed E-state index contributed by atoms with van der Waals surface area (Å²) in [5, 5.41) is 0. The Morgan fingerprint density at radius 2 is 1.80 bits per heavy atom. The first-order chi connectivity index (χ1) is 4.10. The third-order valence-corrected chi connectivity index (χ3v) is 6.28. The lowest BCUT2D eigenvalue weighted by Crippen LogP contribution is -2.43. The molecule has 0 aliphatic carbocycles. The van der Waals surface area contributed by atoms with Gasteiger partial charge in [-0.25, -0.2) is 8.48 Å². The Kier molecular flexibility index (Phi) is 1.39. The highest BCUT2D eigenvalue weighted by Crippen LogP contribution is 2.78. The van der Waals surface area contributed by atoms with Crippen molar-refractivity contribution < 1.29 is 0 Å². The molecule has 1 nitrogen and oxygen atoms in total. The van der Waals surface area contributed by atoms with E-state index in [0.29, 0.717) is 5.78 Å². The summed E-state index contributed by atoms with van der Waals surface area (Å²) >= 11 is 0. The van der Waals surface area contributed by atoms with Gasteiger partial charge in [0.15, 0.2) is 0 Å². The van der Waals surface area contributed by atoms with Crippen molar-refractivity contribution in [3.05, 3.63) is 0 Å². The molecule has 2 unspecified atom stereocenters. The number of hydrogen-bond acceptors (Lipinski definition) is 1. The summed E-state index contributed by atoms with van der Waals surface area (Å²) in [5.74, 6) is 2.00. The van der Waals surface area contributed by atoms with Gasteiger partial charge in [0.2, 0.25) is 0 Å². The van der Waals surface area contributed by atoms with E-state index >= 15 is 0 Å². The lowest BCUT2D eigenvalue weighted by molar-refractivity contribution is 0.869. The second-order valence-electron chi connectivity index (χ2n) is 5.78. The molecule has 0 aromatic rings. The van der Waals surface area contributed by atoms with Crippen LogP contribution in [0, 0.1) is 0 Å². The second-order valence-corrected chi connectivity index (χ2v) is 16.4. The smallest absolute Gasteiger partial charge is 0.0290 e. The molecule has 1 heterocycles. The van der Waals surface area contributed by atoms with Crippen molar-refractivity contribution in [3.8, 4) is 0 Å². The van der Waals surface area contributed by atoms with Gasteiger partial charge in [0, 0.05) is 5.78 Å². The number of rotatable bonds is 0. The molecule has 2 atom stereocenters. The summed E-state index contributed by atoms with van der Waals surface area (Å²) in [6.07, 6.45) is 10.9. The Hall–Kier alpha value is 0.740. The van der Waals surface area contributed by atoms with Crippen LogP contribution < -0.4 is 4.72 Å². The summed E-state index contributed by atoms with van der Waals surface area (Å²) in [7, 11) is 1.11. The molecule has 0 aromatic carbocycles. The Balaban J connectivity index is 2.93. The minimum absolute atomic E-state index is 0.645. The van der Waals surface area contributed by atoms with Gasteiger partial charge in [-0.3, -0.25) is 4.72 Å². The highest BCUT2D eigenvalue weighted by Gasteiger charge is 2.46. The van der Waals surface area contributed by atoms with Gasteiger partial charge in [0.1, 0.15) is 0 Å². The van der Waals surface area contributed by atoms with E-state index in [-0.39, 0.29) is 0 Å². The van der Waals surface area contributed by atoms with E-state index in [9.17, 15) is 0 Å². The van der Waals surface area contributed by atoms with Crippen LogP contribution in [0.2, 0.25) is 0 Å². The van der Waals surface area contributed by atoms with E-state index in [0.717, 1.165) is 0 Å². The predicted molar refractivity (Wildman–Crippen MR) is 57.4 cm³/mol. The normalized spacial score (nSPS) is 48.3. The first-order valence-corrected chi connectivity index (χ1v) is 8.57. The van der Waals surface area contributed by atoms with Crippen molar-refractivity contribution in [1.82, 2.24) is 4.72 Å². The fraction of sp³-hybridized carbons (Fsp3) is 1.00. The summed E-state index contributed by atoms with van der Waals surface area (Å²) in [5.41, 5.74) is 0. The Morgan fingerprint density at radius 1 is 1.30 bits per heavy atom. The molecule has 10 heavy (non-hydrogen) atoms. The van der Waals surface area contributed by atoms with Crippen molar-refractivity contribution >= 4 is 17.7 Å². The molecule has 1 rings (SSSR count). The SMILES string of the molecule is CS1(C)(C)(C)CCC(P)N1. The minimum Gasteiger partial charge on any atom is -0.288 e. The first-order valence-electron chi connectivity index (χ1n) is 3.66. The van der Waals surface area contributed by atoms with Crippen LogP contribution in [0.1, 0.15) is 6.42 Å². The topological polar surface area (TPSA) is 12.0 Å². The summed E-state index contributed by atoms with van der Waals surface area (Å²) < 4.78 is 3.73. The van der Waals surface area contributed by atoms with Gasteiger partial charge in [-0.15, -0.1) is 9.24 Å². The van der Waals surface area contributed by atoms with Crippen LogP contribution in [0.4, 0.5) is 0 Å². The molecule has 0 bridgehead atoms. The van der Waals surface area contributed by atoms with Gasteiger partial charge in [-0.1, -0.05) is 0 Å². The Morgan fingerprint density at radius 3 is 1.90 bits per heavy atom. The molecule has 1 aliphatic heterocycles. The van der Waals surface area contributed by atoms with Gasteiger partial charge in [-0.05, 0) is 37.2 Å². The molecular formula is C7H20NPS. The fourth-order valence-corrected chi connectivity index (χ4v) is 6.79. The van der Waals surface area contributed by atoms with Crippen molar-refractivity contribution in [2.75, 3.05) is 30.8 Å². The largest absolute Gasteiger partial charge is 0.288 e. The predicted octanol–water partition coefficient (Wildman–Crippen LogP) is 1.49. The second kappa shape index (κ2) is 1.57. The van der Waals surface area contributed by atoms with E-state index in [1.165, 1.54) is 12.2 Å². The maximum absolute atomic E-state index is 3.73. The van der Waals surface area contributed by atoms with Crippen LogP contribution in [-0.2, 0) is 0 Å². The third kappa shape index (κ3) is 2.11. The molecule has 0 radical (unpaired) electrons. The van der Waals surface area contributed by atoms with E-state index in [4.69, 9.17) is 0 Å². The van der Waals surface area contributed by atoms with Crippen molar-refractivity contribution in [2.45, 2.75) is 12.2 Å². The van der Waals surface area contributed by atoms with Crippen LogP contribution in [0.5, 0.6) is 0 Å². The van der Waals surface area contributed by atoms with Gasteiger partial charge in [-0.2, -0.15) is 0 Å². The quantitative estimate of drug-likeness (QED) is 0.558. The lowest BCUT2D eigenvalue weighted by Gasteiger charge is -2.67. The van der Waals surface area contributed by atoms with Crippen molar-refractivity contribution in [1.29, 1.82) is 0 Å². The molecule has 3 heteroatoms.